The number of H-pyrrole nitrogens is 1. The molecule has 0 saturated carbocycles. The molecule has 4 atom stereocenters. The number of nitrogens with one attached hydrogen (secondary N) is 3. The molecule has 222 valence electrons. The van der Waals surface area contributed by atoms with Gasteiger partial charge in [-0.05, 0) is 31.9 Å². The predicted octanol–water partition coefficient (Wildman–Crippen LogP) is 2.31. The van der Waals surface area contributed by atoms with Crippen LogP contribution in [0.4, 0.5) is 0 Å². The predicted molar refractivity (Wildman–Crippen MR) is 160 cm³/mol. The molecule has 3 amide bonds. The first-order chi connectivity index (χ1) is 20.2. The molecule has 0 aliphatic carbocycles. The second-order valence-corrected chi connectivity index (χ2v) is 13.3. The molecule has 0 spiro atoms. The zero-order valence-electron chi connectivity index (χ0n) is 23.4. The van der Waals surface area contributed by atoms with E-state index < -0.39 is 28.8 Å². The lowest BCUT2D eigenvalue weighted by molar-refractivity contribution is -0.148. The molecule has 1 aromatic heterocycles. The Kier molecular flexibility index (Phi) is 9.39. The molecule has 42 heavy (non-hydrogen) atoms. The van der Waals surface area contributed by atoms with Gasteiger partial charge in [-0.1, -0.05) is 60.3 Å². The molecule has 11 nitrogen and oxygen atoms in total. The van der Waals surface area contributed by atoms with E-state index in [0.717, 1.165) is 28.6 Å². The largest absolute Gasteiger partial charge is 0.493 e. The topological polar surface area (TPSA) is 150 Å². The number of hydrogen-bond donors (Lipinski definition) is 4. The number of thioether (sulfide) groups is 2. The summed E-state index contributed by atoms with van der Waals surface area (Å²) in [4.78, 5) is 46.0. The average molecular weight is 611 g/mol. The highest BCUT2D eigenvalue weighted by Gasteiger charge is 2.50. The molecule has 0 radical (unpaired) electrons. The maximum atomic E-state index is 13.9. The Bertz CT molecular complexity index is 1390. The van der Waals surface area contributed by atoms with Crippen molar-refractivity contribution < 1.29 is 24.2 Å². The Hall–Kier alpha value is -3.55. The average Bonchev–Trinajstić information content (AvgIpc) is 3.63. The summed E-state index contributed by atoms with van der Waals surface area (Å²) >= 11 is 2.64. The van der Waals surface area contributed by atoms with E-state index in [0.29, 0.717) is 18.2 Å². The standard InChI is InChI=1S/C29H34N6O5S2/c1-29(2)25(26(38)33-20-12-13-40-22-11-7-6-10-19(20)22)35(17-42-29)27(39)24(37)21(14-18-8-4-3-5-9-18)32-23(36)15-41-28-30-16-31-34-28/h3-11,16,20-21,24-25,37H,12-15,17H2,1-2H3,(H,32,36)(H,33,38)(H,30,31,34)/t20-,21-,24-,25?/m0/s1. The quantitative estimate of drug-likeness (QED) is 0.254. The zero-order valence-corrected chi connectivity index (χ0v) is 25.0. The molecule has 1 unspecified atom stereocenters. The van der Waals surface area contributed by atoms with Crippen LogP contribution in [-0.4, -0.2) is 84.1 Å². The number of aliphatic hydroxyl groups excluding tert-OH is 1. The molecule has 5 rings (SSSR count). The van der Waals surface area contributed by atoms with E-state index in [1.165, 1.54) is 23.0 Å². The van der Waals surface area contributed by atoms with Crippen LogP contribution in [0.3, 0.4) is 0 Å². The number of nitrogens with zero attached hydrogens (tertiary/aromatic N) is 3. The van der Waals surface area contributed by atoms with Crippen molar-refractivity contribution in [2.75, 3.05) is 18.2 Å². The molecule has 1 fully saturated rings. The van der Waals surface area contributed by atoms with Crippen LogP contribution in [0.5, 0.6) is 5.75 Å². The van der Waals surface area contributed by atoms with Gasteiger partial charge in [0.25, 0.3) is 5.91 Å². The molecule has 2 aliphatic heterocycles. The number of rotatable bonds is 10. The Morgan fingerprint density at radius 1 is 1.19 bits per heavy atom. The SMILES string of the molecule is CC1(C)SCN(C(=O)[C@@H](O)[C@H](Cc2ccccc2)NC(=O)CSc2ncn[nH]2)C1C(=O)N[C@H]1CCOc2ccccc21. The monoisotopic (exact) mass is 610 g/mol. The van der Waals surface area contributed by atoms with Gasteiger partial charge in [0.05, 0.1) is 30.3 Å². The molecular weight excluding hydrogens is 576 g/mol. The number of carbonyl (C=O) groups excluding carboxylic acids is 3. The fourth-order valence-corrected chi connectivity index (χ4v) is 6.98. The van der Waals surface area contributed by atoms with Crippen LogP contribution in [0.1, 0.15) is 37.4 Å². The highest BCUT2D eigenvalue weighted by molar-refractivity contribution is 8.01. The summed E-state index contributed by atoms with van der Waals surface area (Å²) in [5.74, 6) is -0.278. The second-order valence-electron chi connectivity index (χ2n) is 10.7. The van der Waals surface area contributed by atoms with Gasteiger partial charge < -0.3 is 25.4 Å². The first-order valence-corrected chi connectivity index (χ1v) is 15.7. The molecular formula is C29H34N6O5S2. The van der Waals surface area contributed by atoms with Gasteiger partial charge in [0.15, 0.2) is 11.3 Å². The minimum Gasteiger partial charge on any atom is -0.493 e. The number of fused-ring (bicyclic) bond motifs is 1. The highest BCUT2D eigenvalue weighted by Crippen LogP contribution is 2.41. The Morgan fingerprint density at radius 3 is 2.71 bits per heavy atom. The van der Waals surface area contributed by atoms with Gasteiger partial charge in [-0.25, -0.2) is 4.98 Å². The molecule has 3 aromatic rings. The van der Waals surface area contributed by atoms with Crippen molar-refractivity contribution >= 4 is 41.2 Å². The van der Waals surface area contributed by atoms with Crippen LogP contribution < -0.4 is 15.4 Å². The number of aromatic amines is 1. The molecule has 2 aliphatic rings. The third-order valence-electron chi connectivity index (χ3n) is 7.36. The number of carbonyl (C=O) groups is 3. The minimum absolute atomic E-state index is 0.0194. The van der Waals surface area contributed by atoms with E-state index in [1.54, 1.807) is 0 Å². The van der Waals surface area contributed by atoms with E-state index >= 15 is 0 Å². The van der Waals surface area contributed by atoms with Crippen LogP contribution >= 0.6 is 23.5 Å². The third kappa shape index (κ3) is 6.90. The van der Waals surface area contributed by atoms with Crippen molar-refractivity contribution in [1.29, 1.82) is 0 Å². The van der Waals surface area contributed by atoms with E-state index in [4.69, 9.17) is 4.74 Å². The number of hydrogen-bond acceptors (Lipinski definition) is 9. The summed E-state index contributed by atoms with van der Waals surface area (Å²) in [5, 5.41) is 24.3. The van der Waals surface area contributed by atoms with Gasteiger partial charge in [0.2, 0.25) is 11.8 Å². The highest BCUT2D eigenvalue weighted by atomic mass is 32.2. The van der Waals surface area contributed by atoms with Gasteiger partial charge in [-0.3, -0.25) is 19.5 Å². The van der Waals surface area contributed by atoms with E-state index in [1.807, 2.05) is 68.4 Å². The van der Waals surface area contributed by atoms with E-state index in [-0.39, 0.29) is 35.9 Å². The van der Waals surface area contributed by atoms with E-state index in [9.17, 15) is 19.5 Å². The lowest BCUT2D eigenvalue weighted by atomic mass is 9.95. The van der Waals surface area contributed by atoms with Crippen molar-refractivity contribution in [2.45, 2.75) is 60.8 Å². The smallest absolute Gasteiger partial charge is 0.254 e. The van der Waals surface area contributed by atoms with Crippen LogP contribution in [0.25, 0.3) is 0 Å². The van der Waals surface area contributed by atoms with Gasteiger partial charge in [-0.2, -0.15) is 5.10 Å². The molecule has 3 heterocycles. The number of amides is 3. The summed E-state index contributed by atoms with van der Waals surface area (Å²) < 4.78 is 5.14. The maximum absolute atomic E-state index is 13.9. The van der Waals surface area contributed by atoms with Crippen molar-refractivity contribution in [3.63, 3.8) is 0 Å². The summed E-state index contributed by atoms with van der Waals surface area (Å²) in [5.41, 5.74) is 1.74. The summed E-state index contributed by atoms with van der Waals surface area (Å²) in [6.45, 7) is 4.31. The molecule has 13 heteroatoms. The van der Waals surface area contributed by atoms with Crippen molar-refractivity contribution in [3.8, 4) is 5.75 Å². The van der Waals surface area contributed by atoms with Crippen LogP contribution in [0.15, 0.2) is 66.1 Å². The number of aromatic nitrogens is 3. The third-order valence-corrected chi connectivity index (χ3v) is 9.62. The number of aliphatic hydroxyl groups is 1. The normalized spacial score (nSPS) is 20.6. The summed E-state index contributed by atoms with van der Waals surface area (Å²) in [6.07, 6.45) is 0.616. The minimum atomic E-state index is -1.57. The molecule has 2 aromatic carbocycles. The molecule has 4 N–H and O–H groups in total. The molecule has 0 bridgehead atoms. The Morgan fingerprint density at radius 2 is 1.95 bits per heavy atom. The van der Waals surface area contributed by atoms with Crippen LogP contribution in [0.2, 0.25) is 0 Å². The van der Waals surface area contributed by atoms with Crippen molar-refractivity contribution in [1.82, 2.24) is 30.7 Å². The number of ether oxygens (including phenoxy) is 1. The lowest BCUT2D eigenvalue weighted by Crippen LogP contribution is -2.59. The van der Waals surface area contributed by atoms with Crippen LogP contribution in [0, 0.1) is 0 Å². The van der Waals surface area contributed by atoms with Crippen molar-refractivity contribution in [2.24, 2.45) is 0 Å². The fraction of sp³-hybridized carbons (Fsp3) is 0.414. The Balaban J connectivity index is 1.32. The molecule has 1 saturated heterocycles. The summed E-state index contributed by atoms with van der Waals surface area (Å²) in [7, 11) is 0. The van der Waals surface area contributed by atoms with Gasteiger partial charge in [0, 0.05) is 16.7 Å². The zero-order chi connectivity index (χ0) is 29.7. The van der Waals surface area contributed by atoms with Gasteiger partial charge in [0.1, 0.15) is 18.1 Å². The Labute approximate surface area is 252 Å². The first kappa shape index (κ1) is 29.9. The van der Waals surface area contributed by atoms with Crippen molar-refractivity contribution in [3.05, 3.63) is 72.1 Å². The first-order valence-electron chi connectivity index (χ1n) is 13.7. The second kappa shape index (κ2) is 13.2. The van der Waals surface area contributed by atoms with Crippen LogP contribution in [-0.2, 0) is 20.8 Å². The number of benzene rings is 2. The van der Waals surface area contributed by atoms with Gasteiger partial charge in [-0.15, -0.1) is 11.8 Å². The number of para-hydroxylation sites is 1. The lowest BCUT2D eigenvalue weighted by Gasteiger charge is -2.35. The van der Waals surface area contributed by atoms with E-state index in [2.05, 4.69) is 25.8 Å². The van der Waals surface area contributed by atoms with Gasteiger partial charge >= 0.3 is 0 Å². The maximum Gasteiger partial charge on any atom is 0.254 e. The summed E-state index contributed by atoms with van der Waals surface area (Å²) in [6, 6.07) is 14.9. The fourth-order valence-electron chi connectivity index (χ4n) is 5.25.